The van der Waals surface area contributed by atoms with Crippen molar-refractivity contribution >= 4 is 5.91 Å². The molecule has 6 heteroatoms. The van der Waals surface area contributed by atoms with Crippen molar-refractivity contribution in [1.29, 1.82) is 0 Å². The van der Waals surface area contributed by atoms with E-state index >= 15 is 0 Å². The van der Waals surface area contributed by atoms with E-state index in [0.717, 1.165) is 74.1 Å². The smallest absolute Gasteiger partial charge is 0.226 e. The second-order valence-electron chi connectivity index (χ2n) is 10.3. The Labute approximate surface area is 204 Å². The Morgan fingerprint density at radius 1 is 1.18 bits per heavy atom. The molecule has 1 aliphatic carbocycles. The first-order valence-corrected chi connectivity index (χ1v) is 13.2. The number of carbonyl (C=O) groups excluding carboxylic acids is 1. The van der Waals surface area contributed by atoms with Crippen molar-refractivity contribution in [3.8, 4) is 11.5 Å². The molecule has 1 aromatic carbocycles. The van der Waals surface area contributed by atoms with Gasteiger partial charge in [-0.15, -0.1) is 0 Å². The zero-order valence-corrected chi connectivity index (χ0v) is 21.2. The lowest BCUT2D eigenvalue weighted by Crippen LogP contribution is -2.46. The van der Waals surface area contributed by atoms with Crippen LogP contribution in [0.4, 0.5) is 0 Å². The highest BCUT2D eigenvalue weighted by Gasteiger charge is 2.32. The quantitative estimate of drug-likeness (QED) is 0.533. The highest BCUT2D eigenvalue weighted by molar-refractivity contribution is 5.79. The number of aromatic nitrogens is 1. The highest BCUT2D eigenvalue weighted by Crippen LogP contribution is 2.29. The number of hydrogen-bond acceptors (Lipinski definition) is 5. The van der Waals surface area contributed by atoms with E-state index in [1.807, 2.05) is 19.1 Å². The Morgan fingerprint density at radius 2 is 1.97 bits per heavy atom. The highest BCUT2D eigenvalue weighted by atomic mass is 16.4. The van der Waals surface area contributed by atoms with Crippen LogP contribution in [0.3, 0.4) is 0 Å². The minimum Gasteiger partial charge on any atom is -0.441 e. The topological polar surface area (TPSA) is 70.4 Å². The van der Waals surface area contributed by atoms with Crippen LogP contribution in [0.15, 0.2) is 28.7 Å². The van der Waals surface area contributed by atoms with E-state index in [4.69, 9.17) is 9.40 Å². The summed E-state index contributed by atoms with van der Waals surface area (Å²) in [6.07, 6.45) is 9.41. The lowest BCUT2D eigenvalue weighted by molar-refractivity contribution is -0.127. The fraction of sp³-hybridized carbons (Fsp3) is 0.643. The summed E-state index contributed by atoms with van der Waals surface area (Å²) in [6, 6.07) is 8.90. The zero-order chi connectivity index (χ0) is 23.9. The van der Waals surface area contributed by atoms with E-state index in [1.165, 1.54) is 32.1 Å². The van der Waals surface area contributed by atoms with Crippen LogP contribution in [-0.2, 0) is 11.2 Å². The summed E-state index contributed by atoms with van der Waals surface area (Å²) in [5.74, 6) is 1.99. The lowest BCUT2D eigenvalue weighted by atomic mass is 9.82. The van der Waals surface area contributed by atoms with E-state index in [9.17, 15) is 4.79 Å². The van der Waals surface area contributed by atoms with E-state index in [1.54, 1.807) is 0 Å². The number of oxazole rings is 1. The summed E-state index contributed by atoms with van der Waals surface area (Å²) in [7, 11) is 2.24. The molecule has 1 saturated heterocycles. The van der Waals surface area contributed by atoms with Crippen molar-refractivity contribution in [3.05, 3.63) is 41.3 Å². The van der Waals surface area contributed by atoms with Crippen molar-refractivity contribution in [2.45, 2.75) is 71.3 Å². The van der Waals surface area contributed by atoms with Gasteiger partial charge in [-0.3, -0.25) is 4.79 Å². The molecule has 2 fully saturated rings. The largest absolute Gasteiger partial charge is 0.441 e. The number of carbonyl (C=O) groups is 1. The molecule has 0 bridgehead atoms. The Hall–Kier alpha value is -2.18. The molecule has 2 unspecified atom stereocenters. The molecule has 0 radical (unpaired) electrons. The number of hydrogen-bond donors (Lipinski definition) is 2. The maximum atomic E-state index is 13.1. The Bertz CT molecular complexity index is 934. The van der Waals surface area contributed by atoms with Crippen molar-refractivity contribution < 1.29 is 9.21 Å². The molecule has 186 valence electrons. The normalized spacial score (nSPS) is 21.6. The van der Waals surface area contributed by atoms with Gasteiger partial charge in [-0.05, 0) is 90.2 Å². The summed E-state index contributed by atoms with van der Waals surface area (Å²) in [5, 5.41) is 6.72. The van der Waals surface area contributed by atoms with Gasteiger partial charge in [0, 0.05) is 24.1 Å². The molecule has 2 atom stereocenters. The number of nitrogens with zero attached hydrogens (tertiary/aromatic N) is 2. The number of nitrogens with one attached hydrogen (secondary N) is 2. The molecule has 2 heterocycles. The summed E-state index contributed by atoms with van der Waals surface area (Å²) in [6.45, 7) is 7.61. The maximum Gasteiger partial charge on any atom is 0.226 e. The van der Waals surface area contributed by atoms with Crippen molar-refractivity contribution in [2.75, 3.05) is 33.2 Å². The Kier molecular flexibility index (Phi) is 8.79. The van der Waals surface area contributed by atoms with Gasteiger partial charge < -0.3 is 20.0 Å². The van der Waals surface area contributed by atoms with Crippen molar-refractivity contribution in [2.24, 2.45) is 11.8 Å². The molecule has 1 aliphatic heterocycles. The van der Waals surface area contributed by atoms with Gasteiger partial charge in [0.25, 0.3) is 0 Å². The van der Waals surface area contributed by atoms with Gasteiger partial charge in [0.15, 0.2) is 0 Å². The van der Waals surface area contributed by atoms with Gasteiger partial charge in [-0.2, -0.15) is 0 Å². The predicted molar refractivity (Wildman–Crippen MR) is 137 cm³/mol. The molecule has 1 saturated carbocycles. The van der Waals surface area contributed by atoms with Crippen molar-refractivity contribution in [1.82, 2.24) is 20.5 Å². The minimum atomic E-state index is 0.0235. The second-order valence-corrected chi connectivity index (χ2v) is 10.3. The van der Waals surface area contributed by atoms with E-state index in [-0.39, 0.29) is 17.7 Å². The van der Waals surface area contributed by atoms with Crippen LogP contribution in [-0.4, -0.2) is 55.1 Å². The third-order valence-corrected chi connectivity index (χ3v) is 7.85. The molecule has 1 aromatic heterocycles. The fourth-order valence-corrected chi connectivity index (χ4v) is 5.65. The van der Waals surface area contributed by atoms with Crippen LogP contribution in [0.1, 0.15) is 62.0 Å². The summed E-state index contributed by atoms with van der Waals surface area (Å²) in [4.78, 5) is 20.4. The predicted octanol–water partition coefficient (Wildman–Crippen LogP) is 4.50. The van der Waals surface area contributed by atoms with Gasteiger partial charge in [0.2, 0.25) is 11.8 Å². The molecule has 2 aliphatic rings. The number of benzene rings is 1. The molecule has 0 spiro atoms. The Morgan fingerprint density at radius 3 is 2.76 bits per heavy atom. The SMILES string of the molecule is Cc1ccccc1-c1nc(CC2CNCCC2C(=O)NCCCN(C)C2CCCCC2)c(C)o1. The molecular formula is C28H42N4O2. The van der Waals surface area contributed by atoms with Crippen LogP contribution in [0, 0.1) is 25.7 Å². The summed E-state index contributed by atoms with van der Waals surface area (Å²) < 4.78 is 6.03. The maximum absolute atomic E-state index is 13.1. The van der Waals surface area contributed by atoms with E-state index in [2.05, 4.69) is 41.6 Å². The molecule has 2 N–H and O–H groups in total. The first kappa shape index (κ1) is 24.9. The minimum absolute atomic E-state index is 0.0235. The van der Waals surface area contributed by atoms with Gasteiger partial charge in [0.05, 0.1) is 5.69 Å². The fourth-order valence-electron chi connectivity index (χ4n) is 5.65. The van der Waals surface area contributed by atoms with Gasteiger partial charge in [0.1, 0.15) is 5.76 Å². The first-order chi connectivity index (χ1) is 16.5. The number of amides is 1. The molecule has 34 heavy (non-hydrogen) atoms. The summed E-state index contributed by atoms with van der Waals surface area (Å²) in [5.41, 5.74) is 3.16. The van der Waals surface area contributed by atoms with Gasteiger partial charge >= 0.3 is 0 Å². The average molecular weight is 467 g/mol. The van der Waals surface area contributed by atoms with Crippen molar-refractivity contribution in [3.63, 3.8) is 0 Å². The van der Waals surface area contributed by atoms with Gasteiger partial charge in [-0.25, -0.2) is 4.98 Å². The molecule has 2 aromatic rings. The molecule has 1 amide bonds. The number of aryl methyl sites for hydroxylation is 2. The zero-order valence-electron chi connectivity index (χ0n) is 21.2. The van der Waals surface area contributed by atoms with Gasteiger partial charge in [-0.1, -0.05) is 37.5 Å². The first-order valence-electron chi connectivity index (χ1n) is 13.2. The van der Waals surface area contributed by atoms with Crippen LogP contribution in [0.25, 0.3) is 11.5 Å². The Balaban J connectivity index is 1.30. The van der Waals surface area contributed by atoms with Crippen LogP contribution >= 0.6 is 0 Å². The number of piperidine rings is 1. The van der Waals surface area contributed by atoms with E-state index < -0.39 is 0 Å². The molecule has 4 rings (SSSR count). The molecule has 6 nitrogen and oxygen atoms in total. The lowest BCUT2D eigenvalue weighted by Gasteiger charge is -2.32. The summed E-state index contributed by atoms with van der Waals surface area (Å²) >= 11 is 0. The second kappa shape index (κ2) is 12.0. The number of rotatable bonds is 9. The van der Waals surface area contributed by atoms with E-state index in [0.29, 0.717) is 5.89 Å². The standard InChI is InChI=1S/C28H42N4O2/c1-20-10-7-8-13-24(20)28-31-26(21(2)34-28)18-22-19-29-16-14-25(22)27(33)30-15-9-17-32(3)23-11-5-4-6-12-23/h7-8,10,13,22-23,25,29H,4-6,9,11-12,14-19H2,1-3H3,(H,30,33). The third kappa shape index (κ3) is 6.28. The molecular weight excluding hydrogens is 424 g/mol. The third-order valence-electron chi connectivity index (χ3n) is 7.85. The average Bonchev–Trinajstić information content (AvgIpc) is 3.22. The van der Waals surface area contributed by atoms with Crippen LogP contribution in [0.5, 0.6) is 0 Å². The van der Waals surface area contributed by atoms with Crippen LogP contribution in [0.2, 0.25) is 0 Å². The van der Waals surface area contributed by atoms with Crippen LogP contribution < -0.4 is 10.6 Å². The monoisotopic (exact) mass is 466 g/mol.